The van der Waals surface area contributed by atoms with Crippen LogP contribution in [0, 0.1) is 0 Å². The van der Waals surface area contributed by atoms with Gasteiger partial charge in [0, 0.05) is 24.8 Å². The average Bonchev–Trinajstić information content (AvgIpc) is 3.29. The molecular weight excluding hydrogens is 310 g/mol. The third-order valence-corrected chi connectivity index (χ3v) is 5.40. The fourth-order valence-electron chi connectivity index (χ4n) is 4.12. The van der Waals surface area contributed by atoms with Crippen molar-refractivity contribution in [1.29, 1.82) is 0 Å². The first-order chi connectivity index (χ1) is 12.3. The van der Waals surface area contributed by atoms with E-state index in [1.165, 1.54) is 30.4 Å². The molecule has 0 spiro atoms. The molecule has 1 amide bonds. The van der Waals surface area contributed by atoms with Gasteiger partial charge in [0.25, 0.3) is 0 Å². The predicted octanol–water partition coefficient (Wildman–Crippen LogP) is 3.74. The molecule has 4 heteroatoms. The van der Waals surface area contributed by atoms with Gasteiger partial charge < -0.3 is 5.32 Å². The van der Waals surface area contributed by atoms with Crippen LogP contribution in [0.25, 0.3) is 0 Å². The zero-order chi connectivity index (χ0) is 17.1. The maximum atomic E-state index is 12.4. The second-order valence-electron chi connectivity index (χ2n) is 7.08. The van der Waals surface area contributed by atoms with E-state index in [2.05, 4.69) is 33.4 Å². The monoisotopic (exact) mass is 335 g/mol. The second-order valence-corrected chi connectivity index (χ2v) is 7.08. The van der Waals surface area contributed by atoms with E-state index in [0.717, 1.165) is 37.3 Å². The van der Waals surface area contributed by atoms with Gasteiger partial charge in [-0.05, 0) is 74.0 Å². The lowest BCUT2D eigenvalue weighted by molar-refractivity contribution is -0.116. The topological polar surface area (TPSA) is 45.2 Å². The Hall–Kier alpha value is -2.20. The van der Waals surface area contributed by atoms with Crippen molar-refractivity contribution in [2.24, 2.45) is 0 Å². The maximum absolute atomic E-state index is 12.4. The van der Waals surface area contributed by atoms with E-state index in [9.17, 15) is 4.79 Å². The number of amides is 1. The highest BCUT2D eigenvalue weighted by atomic mass is 16.1. The second kappa shape index (κ2) is 7.36. The van der Waals surface area contributed by atoms with Gasteiger partial charge in [-0.1, -0.05) is 12.1 Å². The Bertz CT molecular complexity index is 744. The van der Waals surface area contributed by atoms with Crippen molar-refractivity contribution in [2.75, 3.05) is 18.4 Å². The highest BCUT2D eigenvalue weighted by Gasteiger charge is 2.26. The van der Waals surface area contributed by atoms with Gasteiger partial charge in [0.05, 0.1) is 11.7 Å². The molecule has 1 fully saturated rings. The molecule has 0 unspecified atom stereocenters. The molecule has 1 aromatic carbocycles. The van der Waals surface area contributed by atoms with Crippen LogP contribution < -0.4 is 5.32 Å². The number of hydrogen-bond acceptors (Lipinski definition) is 3. The number of nitrogens with zero attached hydrogens (tertiary/aromatic N) is 2. The molecule has 2 aliphatic rings. The van der Waals surface area contributed by atoms with Gasteiger partial charge in [0.2, 0.25) is 5.91 Å². The zero-order valence-electron chi connectivity index (χ0n) is 14.6. The number of benzene rings is 1. The van der Waals surface area contributed by atoms with E-state index in [-0.39, 0.29) is 5.91 Å². The summed E-state index contributed by atoms with van der Waals surface area (Å²) in [4.78, 5) is 19.2. The molecule has 1 atom stereocenters. The molecule has 0 bridgehead atoms. The van der Waals surface area contributed by atoms with Gasteiger partial charge in [0.1, 0.15) is 0 Å². The molecule has 130 valence electrons. The number of aromatic nitrogens is 1. The van der Waals surface area contributed by atoms with Crippen LogP contribution in [0.2, 0.25) is 0 Å². The summed E-state index contributed by atoms with van der Waals surface area (Å²) < 4.78 is 0. The first kappa shape index (κ1) is 16.3. The summed E-state index contributed by atoms with van der Waals surface area (Å²) in [6, 6.07) is 12.8. The summed E-state index contributed by atoms with van der Waals surface area (Å²) in [6.07, 6.45) is 8.23. The Morgan fingerprint density at radius 2 is 2.08 bits per heavy atom. The standard InChI is InChI=1S/C21H25N3O/c25-21(23-18-10-9-16-5-3-6-17(16)15-18)11-14-24-13-4-8-20(24)19-7-1-2-12-22-19/h1-2,7,9-10,12,15,20H,3-6,8,11,13-14H2,(H,23,25)/t20-/m0/s1. The van der Waals surface area contributed by atoms with E-state index in [1.807, 2.05) is 24.4 Å². The summed E-state index contributed by atoms with van der Waals surface area (Å²) in [6.45, 7) is 1.84. The van der Waals surface area contributed by atoms with Crippen molar-refractivity contribution in [2.45, 2.75) is 44.6 Å². The number of pyridine rings is 1. The molecule has 1 saturated heterocycles. The summed E-state index contributed by atoms with van der Waals surface area (Å²) in [5.41, 5.74) is 4.90. The van der Waals surface area contributed by atoms with Crippen LogP contribution in [0.5, 0.6) is 0 Å². The Labute approximate surface area is 149 Å². The lowest BCUT2D eigenvalue weighted by atomic mass is 10.1. The Morgan fingerprint density at radius 1 is 1.16 bits per heavy atom. The predicted molar refractivity (Wildman–Crippen MR) is 99.5 cm³/mol. The van der Waals surface area contributed by atoms with Crippen LogP contribution in [0.3, 0.4) is 0 Å². The maximum Gasteiger partial charge on any atom is 0.225 e. The molecule has 2 heterocycles. The summed E-state index contributed by atoms with van der Waals surface area (Å²) >= 11 is 0. The zero-order valence-corrected chi connectivity index (χ0v) is 14.6. The number of aryl methyl sites for hydroxylation is 2. The number of fused-ring (bicyclic) bond motifs is 1. The van der Waals surface area contributed by atoms with Crippen molar-refractivity contribution in [3.63, 3.8) is 0 Å². The molecule has 0 radical (unpaired) electrons. The molecule has 1 aliphatic carbocycles. The van der Waals surface area contributed by atoms with E-state index in [0.29, 0.717) is 12.5 Å². The van der Waals surface area contributed by atoms with Crippen LogP contribution in [0.1, 0.15) is 48.5 Å². The van der Waals surface area contributed by atoms with Gasteiger partial charge in [0.15, 0.2) is 0 Å². The van der Waals surface area contributed by atoms with Crippen molar-refractivity contribution >= 4 is 11.6 Å². The van der Waals surface area contributed by atoms with Crippen molar-refractivity contribution in [1.82, 2.24) is 9.88 Å². The normalized spacial score (nSPS) is 19.8. The summed E-state index contributed by atoms with van der Waals surface area (Å²) in [5, 5.41) is 3.07. The molecular formula is C21H25N3O. The molecule has 1 aromatic heterocycles. The minimum atomic E-state index is 0.101. The van der Waals surface area contributed by atoms with Gasteiger partial charge >= 0.3 is 0 Å². The molecule has 0 saturated carbocycles. The van der Waals surface area contributed by atoms with Crippen LogP contribution in [-0.4, -0.2) is 28.9 Å². The van der Waals surface area contributed by atoms with Crippen molar-refractivity contribution in [3.8, 4) is 0 Å². The Balaban J connectivity index is 1.32. The van der Waals surface area contributed by atoms with Crippen LogP contribution in [0.15, 0.2) is 42.6 Å². The first-order valence-corrected chi connectivity index (χ1v) is 9.36. The quantitative estimate of drug-likeness (QED) is 0.905. The lowest BCUT2D eigenvalue weighted by Gasteiger charge is -2.23. The molecule has 4 rings (SSSR count). The minimum absolute atomic E-state index is 0.101. The largest absolute Gasteiger partial charge is 0.326 e. The smallest absolute Gasteiger partial charge is 0.225 e. The lowest BCUT2D eigenvalue weighted by Crippen LogP contribution is -2.28. The SMILES string of the molecule is O=C(CCN1CCC[C@H]1c1ccccn1)Nc1ccc2c(c1)CCC2. The Kier molecular flexibility index (Phi) is 4.79. The fraction of sp³-hybridized carbons (Fsp3) is 0.429. The summed E-state index contributed by atoms with van der Waals surface area (Å²) in [5.74, 6) is 0.101. The van der Waals surface area contributed by atoms with Gasteiger partial charge in [-0.25, -0.2) is 0 Å². The average molecular weight is 335 g/mol. The third kappa shape index (κ3) is 3.74. The van der Waals surface area contributed by atoms with E-state index in [4.69, 9.17) is 0 Å². The van der Waals surface area contributed by atoms with Gasteiger partial charge in [-0.15, -0.1) is 0 Å². The number of hydrogen-bond donors (Lipinski definition) is 1. The first-order valence-electron chi connectivity index (χ1n) is 9.36. The fourth-order valence-corrected chi connectivity index (χ4v) is 4.12. The van der Waals surface area contributed by atoms with Crippen LogP contribution in [-0.2, 0) is 17.6 Å². The van der Waals surface area contributed by atoms with Crippen molar-refractivity contribution < 1.29 is 4.79 Å². The molecule has 1 aliphatic heterocycles. The number of rotatable bonds is 5. The Morgan fingerprint density at radius 3 is 2.96 bits per heavy atom. The molecule has 1 N–H and O–H groups in total. The number of carbonyl (C=O) groups is 1. The van der Waals surface area contributed by atoms with Crippen molar-refractivity contribution in [3.05, 3.63) is 59.4 Å². The highest BCUT2D eigenvalue weighted by molar-refractivity contribution is 5.91. The molecule has 25 heavy (non-hydrogen) atoms. The highest BCUT2D eigenvalue weighted by Crippen LogP contribution is 2.30. The van der Waals surface area contributed by atoms with Gasteiger partial charge in [-0.3, -0.25) is 14.7 Å². The van der Waals surface area contributed by atoms with E-state index in [1.54, 1.807) is 0 Å². The summed E-state index contributed by atoms with van der Waals surface area (Å²) in [7, 11) is 0. The van der Waals surface area contributed by atoms with E-state index >= 15 is 0 Å². The minimum Gasteiger partial charge on any atom is -0.326 e. The van der Waals surface area contributed by atoms with Crippen LogP contribution in [0.4, 0.5) is 5.69 Å². The van der Waals surface area contributed by atoms with Crippen LogP contribution >= 0.6 is 0 Å². The number of nitrogens with one attached hydrogen (secondary N) is 1. The molecule has 2 aromatic rings. The number of likely N-dealkylation sites (tertiary alicyclic amines) is 1. The molecule has 4 nitrogen and oxygen atoms in total. The third-order valence-electron chi connectivity index (χ3n) is 5.40. The van der Waals surface area contributed by atoms with E-state index < -0.39 is 0 Å². The number of anilines is 1. The van der Waals surface area contributed by atoms with Gasteiger partial charge in [-0.2, -0.15) is 0 Å². The number of carbonyl (C=O) groups excluding carboxylic acids is 1.